The molecule has 0 saturated heterocycles. The summed E-state index contributed by atoms with van der Waals surface area (Å²) in [5.74, 6) is 0. The number of H-pyrrole nitrogens is 1. The van der Waals surface area contributed by atoms with Crippen molar-refractivity contribution in [1.29, 1.82) is 0 Å². The molecule has 0 spiro atoms. The Hall–Kier alpha value is -0.740. The summed E-state index contributed by atoms with van der Waals surface area (Å²) >= 11 is 5.25. The standard InChI is InChI=1S/C6H10ClN3O/c1-10-6(11)4-5(9-10)2-3-8-7/h4,8-9H,2-3H2,1H3. The highest BCUT2D eigenvalue weighted by molar-refractivity contribution is 6.13. The van der Waals surface area contributed by atoms with Gasteiger partial charge < -0.3 is 0 Å². The van der Waals surface area contributed by atoms with E-state index in [4.69, 9.17) is 11.8 Å². The SMILES string of the molecule is Cn1[nH]c(CCNCl)cc1=O. The van der Waals surface area contributed by atoms with Gasteiger partial charge in [-0.05, 0) is 11.8 Å². The molecule has 0 aliphatic rings. The molecule has 0 saturated carbocycles. The van der Waals surface area contributed by atoms with Crippen LogP contribution < -0.4 is 10.4 Å². The molecule has 1 rings (SSSR count). The van der Waals surface area contributed by atoms with E-state index in [9.17, 15) is 4.79 Å². The molecule has 0 aliphatic carbocycles. The molecular weight excluding hydrogens is 166 g/mol. The summed E-state index contributed by atoms with van der Waals surface area (Å²) in [7, 11) is 1.68. The summed E-state index contributed by atoms with van der Waals surface area (Å²) in [6.45, 7) is 0.654. The number of aromatic amines is 1. The van der Waals surface area contributed by atoms with Crippen molar-refractivity contribution in [3.05, 3.63) is 22.1 Å². The van der Waals surface area contributed by atoms with Crippen molar-refractivity contribution in [3.8, 4) is 0 Å². The van der Waals surface area contributed by atoms with Crippen LogP contribution in [0.1, 0.15) is 5.69 Å². The fraction of sp³-hybridized carbons (Fsp3) is 0.500. The van der Waals surface area contributed by atoms with Crippen molar-refractivity contribution in [2.45, 2.75) is 6.42 Å². The third-order valence-electron chi connectivity index (χ3n) is 1.43. The summed E-state index contributed by atoms with van der Waals surface area (Å²) < 4.78 is 1.43. The van der Waals surface area contributed by atoms with Crippen molar-refractivity contribution in [3.63, 3.8) is 0 Å². The number of nitrogens with zero attached hydrogens (tertiary/aromatic N) is 1. The minimum absolute atomic E-state index is 0.0189. The zero-order valence-corrected chi connectivity index (χ0v) is 6.98. The Morgan fingerprint density at radius 3 is 3.00 bits per heavy atom. The number of hydrogen-bond donors (Lipinski definition) is 2. The van der Waals surface area contributed by atoms with Crippen LogP contribution in [0.25, 0.3) is 0 Å². The molecule has 4 nitrogen and oxygen atoms in total. The van der Waals surface area contributed by atoms with E-state index < -0.39 is 0 Å². The van der Waals surface area contributed by atoms with E-state index in [1.807, 2.05) is 0 Å². The lowest BCUT2D eigenvalue weighted by molar-refractivity contribution is 0.714. The van der Waals surface area contributed by atoms with Crippen LogP contribution in [0.2, 0.25) is 0 Å². The van der Waals surface area contributed by atoms with Gasteiger partial charge in [0.2, 0.25) is 0 Å². The zero-order chi connectivity index (χ0) is 8.27. The van der Waals surface area contributed by atoms with Gasteiger partial charge in [0.25, 0.3) is 5.56 Å². The molecule has 62 valence electrons. The first-order valence-electron chi connectivity index (χ1n) is 3.32. The van der Waals surface area contributed by atoms with E-state index in [1.165, 1.54) is 4.68 Å². The fourth-order valence-corrected chi connectivity index (χ4v) is 0.953. The van der Waals surface area contributed by atoms with E-state index in [1.54, 1.807) is 13.1 Å². The predicted octanol–water partition coefficient (Wildman–Crippen LogP) is -0.000700. The van der Waals surface area contributed by atoms with Crippen molar-refractivity contribution >= 4 is 11.8 Å². The Morgan fingerprint density at radius 1 is 1.82 bits per heavy atom. The van der Waals surface area contributed by atoms with Crippen LogP contribution in [-0.4, -0.2) is 16.3 Å². The Kier molecular flexibility index (Phi) is 2.73. The van der Waals surface area contributed by atoms with Crippen LogP contribution in [0.4, 0.5) is 0 Å². The predicted molar refractivity (Wildman–Crippen MR) is 43.6 cm³/mol. The summed E-state index contributed by atoms with van der Waals surface area (Å²) in [6, 6.07) is 1.56. The second-order valence-electron chi connectivity index (χ2n) is 2.31. The summed E-state index contributed by atoms with van der Waals surface area (Å²) in [4.78, 5) is 13.4. The highest BCUT2D eigenvalue weighted by Crippen LogP contribution is 1.89. The van der Waals surface area contributed by atoms with Gasteiger partial charge >= 0.3 is 0 Å². The number of aryl methyl sites for hydroxylation is 1. The van der Waals surface area contributed by atoms with Crippen molar-refractivity contribution in [2.75, 3.05) is 6.54 Å². The maximum atomic E-state index is 10.9. The summed E-state index contributed by atoms with van der Waals surface area (Å²) in [6.07, 6.45) is 0.736. The number of rotatable bonds is 3. The van der Waals surface area contributed by atoms with Crippen molar-refractivity contribution < 1.29 is 0 Å². The molecule has 0 aliphatic heterocycles. The smallest absolute Gasteiger partial charge is 0.266 e. The molecule has 1 heterocycles. The van der Waals surface area contributed by atoms with Gasteiger partial charge in [0, 0.05) is 31.8 Å². The Labute approximate surface area is 69.3 Å². The fourth-order valence-electron chi connectivity index (χ4n) is 0.859. The van der Waals surface area contributed by atoms with Crippen LogP contribution in [0.5, 0.6) is 0 Å². The van der Waals surface area contributed by atoms with Crippen LogP contribution in [0.15, 0.2) is 10.9 Å². The van der Waals surface area contributed by atoms with Crippen molar-refractivity contribution in [1.82, 2.24) is 14.6 Å². The largest absolute Gasteiger partial charge is 0.300 e. The third-order valence-corrected chi connectivity index (χ3v) is 1.62. The second-order valence-corrected chi connectivity index (χ2v) is 2.58. The average Bonchev–Trinajstić information content (AvgIpc) is 2.28. The lowest BCUT2D eigenvalue weighted by atomic mass is 10.3. The first kappa shape index (κ1) is 8.36. The first-order chi connectivity index (χ1) is 5.24. The zero-order valence-electron chi connectivity index (χ0n) is 6.22. The minimum atomic E-state index is -0.0189. The first-order valence-corrected chi connectivity index (χ1v) is 3.70. The Morgan fingerprint density at radius 2 is 2.55 bits per heavy atom. The normalized spacial score (nSPS) is 10.4. The van der Waals surface area contributed by atoms with Crippen molar-refractivity contribution in [2.24, 2.45) is 7.05 Å². The molecule has 11 heavy (non-hydrogen) atoms. The topological polar surface area (TPSA) is 49.8 Å². The maximum absolute atomic E-state index is 10.9. The van der Waals surface area contributed by atoms with E-state index in [2.05, 4.69) is 9.93 Å². The number of aromatic nitrogens is 2. The van der Waals surface area contributed by atoms with Crippen LogP contribution >= 0.6 is 11.8 Å². The molecule has 0 aromatic carbocycles. The van der Waals surface area contributed by atoms with Gasteiger partial charge in [0.1, 0.15) is 0 Å². The summed E-state index contributed by atoms with van der Waals surface area (Å²) in [5.41, 5.74) is 0.875. The highest BCUT2D eigenvalue weighted by Gasteiger charge is 1.97. The van der Waals surface area contributed by atoms with Gasteiger partial charge in [-0.2, -0.15) is 0 Å². The van der Waals surface area contributed by atoms with Gasteiger partial charge in [0.15, 0.2) is 0 Å². The number of hydrogen-bond acceptors (Lipinski definition) is 2. The molecule has 0 fully saturated rings. The minimum Gasteiger partial charge on any atom is -0.300 e. The molecule has 2 N–H and O–H groups in total. The van der Waals surface area contributed by atoms with E-state index in [0.29, 0.717) is 6.54 Å². The van der Waals surface area contributed by atoms with Crippen LogP contribution in [0.3, 0.4) is 0 Å². The lowest BCUT2D eigenvalue weighted by Crippen LogP contribution is -2.10. The second kappa shape index (κ2) is 3.59. The van der Waals surface area contributed by atoms with E-state index >= 15 is 0 Å². The molecule has 0 radical (unpaired) electrons. The molecule has 0 amide bonds. The Balaban J connectivity index is 2.65. The van der Waals surface area contributed by atoms with Crippen LogP contribution in [-0.2, 0) is 13.5 Å². The van der Waals surface area contributed by atoms with Gasteiger partial charge in [-0.15, -0.1) is 0 Å². The van der Waals surface area contributed by atoms with Gasteiger partial charge in [-0.3, -0.25) is 14.6 Å². The molecule has 0 unspecified atom stereocenters. The lowest BCUT2D eigenvalue weighted by Gasteiger charge is -1.93. The molecular formula is C6H10ClN3O. The Bertz CT molecular complexity index is 278. The van der Waals surface area contributed by atoms with Crippen LogP contribution in [0, 0.1) is 0 Å². The van der Waals surface area contributed by atoms with E-state index in [-0.39, 0.29) is 5.56 Å². The maximum Gasteiger partial charge on any atom is 0.266 e. The molecule has 1 aromatic rings. The van der Waals surface area contributed by atoms with Gasteiger partial charge in [-0.25, -0.2) is 4.84 Å². The molecule has 0 atom stereocenters. The highest BCUT2D eigenvalue weighted by atomic mass is 35.5. The third kappa shape index (κ3) is 2.10. The van der Waals surface area contributed by atoms with E-state index in [0.717, 1.165) is 12.1 Å². The molecule has 1 aromatic heterocycles. The quantitative estimate of drug-likeness (QED) is 0.636. The molecule has 0 bridgehead atoms. The summed E-state index contributed by atoms with van der Waals surface area (Å²) in [5, 5.41) is 2.88. The molecule has 5 heteroatoms. The van der Waals surface area contributed by atoms with Gasteiger partial charge in [0.05, 0.1) is 0 Å². The van der Waals surface area contributed by atoms with Gasteiger partial charge in [-0.1, -0.05) is 0 Å². The average molecular weight is 176 g/mol. The number of halogens is 1. The monoisotopic (exact) mass is 175 g/mol. The number of nitrogens with one attached hydrogen (secondary N) is 2.